The third kappa shape index (κ3) is 4.58. The van der Waals surface area contributed by atoms with E-state index in [0.717, 1.165) is 5.56 Å². The van der Waals surface area contributed by atoms with Gasteiger partial charge in [-0.2, -0.15) is 0 Å². The van der Waals surface area contributed by atoms with Crippen molar-refractivity contribution in [3.8, 4) is 11.5 Å². The van der Waals surface area contributed by atoms with Crippen molar-refractivity contribution >= 4 is 23.8 Å². The molecule has 0 aromatic heterocycles. The lowest BCUT2D eigenvalue weighted by molar-refractivity contribution is -0.159. The average molecular weight is 389 g/mol. The number of ether oxygens (including phenoxy) is 3. The minimum atomic E-state index is -0.998. The molecule has 0 amide bonds. The number of aliphatic imine (C=N–C) groups is 1. The first-order chi connectivity index (χ1) is 13.2. The topological polar surface area (TPSA) is 91.3 Å². The minimum Gasteiger partial charge on any atom is -0.493 e. The monoisotopic (exact) mass is 389 g/mol. The average Bonchev–Trinajstić information content (AvgIpc) is 2.65. The predicted octanol–water partition coefficient (Wildman–Crippen LogP) is 2.29. The van der Waals surface area contributed by atoms with Gasteiger partial charge in [-0.15, -0.1) is 0 Å². The van der Waals surface area contributed by atoms with Crippen molar-refractivity contribution in [3.05, 3.63) is 23.8 Å². The van der Waals surface area contributed by atoms with Gasteiger partial charge in [-0.05, 0) is 29.5 Å². The van der Waals surface area contributed by atoms with Crippen LogP contribution in [0.15, 0.2) is 23.2 Å². The minimum absolute atomic E-state index is 0.130. The molecule has 1 aromatic carbocycles. The summed E-state index contributed by atoms with van der Waals surface area (Å²) in [5.74, 6) is -1.95. The number of benzene rings is 1. The van der Waals surface area contributed by atoms with Gasteiger partial charge in [0.1, 0.15) is 17.6 Å². The van der Waals surface area contributed by atoms with Crippen molar-refractivity contribution in [1.82, 2.24) is 0 Å². The van der Waals surface area contributed by atoms with E-state index in [1.165, 1.54) is 13.3 Å². The highest BCUT2D eigenvalue weighted by molar-refractivity contribution is 6.21. The third-order valence-corrected chi connectivity index (χ3v) is 5.02. The third-order valence-electron chi connectivity index (χ3n) is 5.02. The molecule has 2 atom stereocenters. The van der Waals surface area contributed by atoms with Gasteiger partial charge in [-0.1, -0.05) is 19.9 Å². The Morgan fingerprint density at radius 3 is 2.46 bits per heavy atom. The summed E-state index contributed by atoms with van der Waals surface area (Å²) in [4.78, 5) is 41.4. The molecule has 28 heavy (non-hydrogen) atoms. The Morgan fingerprint density at radius 1 is 1.18 bits per heavy atom. The van der Waals surface area contributed by atoms with E-state index >= 15 is 0 Å². The van der Waals surface area contributed by atoms with Crippen LogP contribution in [0.4, 0.5) is 0 Å². The molecule has 7 heteroatoms. The quantitative estimate of drug-likeness (QED) is 0.404. The van der Waals surface area contributed by atoms with Crippen molar-refractivity contribution in [2.45, 2.75) is 26.7 Å². The van der Waals surface area contributed by atoms with E-state index in [9.17, 15) is 14.4 Å². The van der Waals surface area contributed by atoms with Gasteiger partial charge in [-0.3, -0.25) is 19.4 Å². The van der Waals surface area contributed by atoms with E-state index in [4.69, 9.17) is 14.2 Å². The lowest BCUT2D eigenvalue weighted by Crippen LogP contribution is -2.50. The van der Waals surface area contributed by atoms with E-state index in [1.54, 1.807) is 28.1 Å². The molecular weight excluding hydrogens is 362 g/mol. The normalized spacial score (nSPS) is 21.6. The lowest BCUT2D eigenvalue weighted by Gasteiger charge is -2.37. The number of methoxy groups -OCH3 is 3. The summed E-state index contributed by atoms with van der Waals surface area (Å²) in [6.45, 7) is 3.86. The molecule has 0 radical (unpaired) electrons. The molecule has 1 saturated carbocycles. The molecule has 0 heterocycles. The second-order valence-corrected chi connectivity index (χ2v) is 7.46. The molecule has 0 bridgehead atoms. The number of carbonyl (C=O) groups excluding carboxylic acids is 3. The molecular formula is C21H27NO6. The molecule has 0 N–H and O–H groups in total. The van der Waals surface area contributed by atoms with Crippen LogP contribution in [0.1, 0.15) is 25.8 Å². The molecule has 2 rings (SSSR count). The van der Waals surface area contributed by atoms with Gasteiger partial charge in [0, 0.05) is 19.2 Å². The van der Waals surface area contributed by atoms with Crippen LogP contribution in [0.5, 0.6) is 11.5 Å². The summed E-state index contributed by atoms with van der Waals surface area (Å²) >= 11 is 0. The van der Waals surface area contributed by atoms with E-state index in [2.05, 4.69) is 4.99 Å². The van der Waals surface area contributed by atoms with Gasteiger partial charge in [-0.25, -0.2) is 0 Å². The summed E-state index contributed by atoms with van der Waals surface area (Å²) in [6, 6.07) is 5.58. The van der Waals surface area contributed by atoms with Gasteiger partial charge in [0.25, 0.3) is 0 Å². The highest BCUT2D eigenvalue weighted by Gasteiger charge is 2.51. The lowest BCUT2D eigenvalue weighted by atomic mass is 9.64. The summed E-state index contributed by atoms with van der Waals surface area (Å²) in [6.07, 6.45) is 2.11. The Bertz CT molecular complexity index is 783. The van der Waals surface area contributed by atoms with Gasteiger partial charge >= 0.3 is 5.97 Å². The summed E-state index contributed by atoms with van der Waals surface area (Å²) in [7, 11) is 4.39. The molecule has 1 aliphatic carbocycles. The van der Waals surface area contributed by atoms with Gasteiger partial charge in [0.2, 0.25) is 0 Å². The number of Topliss-reactive ketones (excluding diaryl/α,β-unsaturated/α-hetero) is 2. The SMILES string of the molecule is COC(=O)[C@@H]1C(=O)[C@@H](C=NCCc2ccc(OC)c(OC)c2)C(=O)CC1(C)C. The number of esters is 1. The maximum Gasteiger partial charge on any atom is 0.316 e. The zero-order valence-corrected chi connectivity index (χ0v) is 17.0. The molecule has 0 spiro atoms. The van der Waals surface area contributed by atoms with Crippen molar-refractivity contribution in [2.75, 3.05) is 27.9 Å². The van der Waals surface area contributed by atoms with Crippen LogP contribution in [0.25, 0.3) is 0 Å². The van der Waals surface area contributed by atoms with Crippen molar-refractivity contribution in [3.63, 3.8) is 0 Å². The largest absolute Gasteiger partial charge is 0.493 e. The van der Waals surface area contributed by atoms with Crippen LogP contribution >= 0.6 is 0 Å². The molecule has 0 aliphatic heterocycles. The van der Waals surface area contributed by atoms with Crippen molar-refractivity contribution < 1.29 is 28.6 Å². The fourth-order valence-electron chi connectivity index (χ4n) is 3.50. The summed E-state index contributed by atoms with van der Waals surface area (Å²) in [5, 5.41) is 0. The number of ketones is 2. The van der Waals surface area contributed by atoms with E-state index in [-0.39, 0.29) is 12.2 Å². The van der Waals surface area contributed by atoms with E-state index in [1.807, 2.05) is 18.2 Å². The zero-order valence-electron chi connectivity index (χ0n) is 17.0. The zero-order chi connectivity index (χ0) is 20.9. The highest BCUT2D eigenvalue weighted by atomic mass is 16.5. The molecule has 1 aliphatic rings. The second-order valence-electron chi connectivity index (χ2n) is 7.46. The number of hydrogen-bond donors (Lipinski definition) is 0. The fourth-order valence-corrected chi connectivity index (χ4v) is 3.50. The molecule has 0 unspecified atom stereocenters. The molecule has 0 saturated heterocycles. The van der Waals surface area contributed by atoms with Crippen molar-refractivity contribution in [1.29, 1.82) is 0 Å². The fraction of sp³-hybridized carbons (Fsp3) is 0.524. The number of hydrogen-bond acceptors (Lipinski definition) is 7. The first-order valence-electron chi connectivity index (χ1n) is 9.10. The van der Waals surface area contributed by atoms with Crippen LogP contribution in [-0.4, -0.2) is 51.6 Å². The predicted molar refractivity (Wildman–Crippen MR) is 104 cm³/mol. The summed E-state index contributed by atoms with van der Waals surface area (Å²) < 4.78 is 15.2. The van der Waals surface area contributed by atoms with Crippen molar-refractivity contribution in [2.24, 2.45) is 22.2 Å². The maximum absolute atomic E-state index is 12.7. The van der Waals surface area contributed by atoms with Crippen LogP contribution in [0.3, 0.4) is 0 Å². The number of nitrogens with zero attached hydrogens (tertiary/aromatic N) is 1. The van der Waals surface area contributed by atoms with Gasteiger partial charge < -0.3 is 14.2 Å². The second kappa shape index (κ2) is 8.99. The molecule has 7 nitrogen and oxygen atoms in total. The highest BCUT2D eigenvalue weighted by Crippen LogP contribution is 2.39. The number of carbonyl (C=O) groups is 3. The van der Waals surface area contributed by atoms with Crippen LogP contribution < -0.4 is 9.47 Å². The molecule has 1 fully saturated rings. The van der Waals surface area contributed by atoms with E-state index < -0.39 is 29.0 Å². The number of rotatable bonds is 7. The first kappa shape index (κ1) is 21.6. The van der Waals surface area contributed by atoms with Gasteiger partial charge in [0.15, 0.2) is 17.3 Å². The Balaban J connectivity index is 2.06. The maximum atomic E-state index is 12.7. The summed E-state index contributed by atoms with van der Waals surface area (Å²) in [5.41, 5.74) is 0.232. The first-order valence-corrected chi connectivity index (χ1v) is 9.10. The van der Waals surface area contributed by atoms with E-state index in [0.29, 0.717) is 24.5 Å². The Hall–Kier alpha value is -2.70. The Morgan fingerprint density at radius 2 is 1.86 bits per heavy atom. The Kier molecular flexibility index (Phi) is 6.94. The smallest absolute Gasteiger partial charge is 0.316 e. The molecule has 152 valence electrons. The molecule has 1 aromatic rings. The van der Waals surface area contributed by atoms with Crippen LogP contribution in [-0.2, 0) is 25.5 Å². The van der Waals surface area contributed by atoms with Crippen LogP contribution in [0.2, 0.25) is 0 Å². The standard InChI is InChI=1S/C21H27NO6/c1-21(2)11-15(23)14(19(24)18(21)20(25)28-5)12-22-9-8-13-6-7-16(26-3)17(10-13)27-4/h6-7,10,12,14,18H,8-9,11H2,1-5H3/t14-,18-/m0/s1. The Labute approximate surface area is 165 Å². The van der Waals surface area contributed by atoms with Crippen LogP contribution in [0, 0.1) is 17.3 Å². The van der Waals surface area contributed by atoms with Gasteiger partial charge in [0.05, 0.1) is 21.3 Å².